The van der Waals surface area contributed by atoms with E-state index in [1.54, 1.807) is 12.1 Å². The number of amides is 1. The molecule has 2 heterocycles. The first-order chi connectivity index (χ1) is 11.4. The monoisotopic (exact) mass is 354 g/mol. The Labute approximate surface area is 140 Å². The summed E-state index contributed by atoms with van der Waals surface area (Å²) in [6.45, 7) is 2.37. The van der Waals surface area contributed by atoms with Crippen LogP contribution >= 0.6 is 11.8 Å². The highest BCUT2D eigenvalue weighted by Crippen LogP contribution is 2.33. The fourth-order valence-electron chi connectivity index (χ4n) is 2.24. The number of nitrogens with one attached hydrogen (secondary N) is 1. The van der Waals surface area contributed by atoms with Gasteiger partial charge in [-0.1, -0.05) is 29.5 Å². The lowest BCUT2D eigenvalue weighted by Crippen LogP contribution is -2.29. The molecule has 9 heteroatoms. The average Bonchev–Trinajstić information content (AvgIpc) is 3.16. The van der Waals surface area contributed by atoms with Gasteiger partial charge in [0.15, 0.2) is 10.9 Å². The maximum atomic E-state index is 13.5. The molecule has 1 aliphatic heterocycles. The Morgan fingerprint density at radius 1 is 1.29 bits per heavy atom. The topological polar surface area (TPSA) is 59.3 Å². The molecule has 0 saturated carbocycles. The average molecular weight is 354 g/mol. The number of carbonyl (C=O) groups excluding carboxylic acids is 1. The molecule has 0 unspecified atom stereocenters. The van der Waals surface area contributed by atoms with Crippen LogP contribution in [0.3, 0.4) is 0 Å². The number of halogens is 3. The van der Waals surface area contributed by atoms with E-state index in [0.717, 1.165) is 16.4 Å². The van der Waals surface area contributed by atoms with Gasteiger partial charge in [-0.25, -0.2) is 4.68 Å². The predicted octanol–water partition coefficient (Wildman–Crippen LogP) is 3.03. The summed E-state index contributed by atoms with van der Waals surface area (Å²) in [6.07, 6.45) is -3.79. The Balaban J connectivity index is 2.01. The molecular weight excluding hydrogens is 341 g/mol. The van der Waals surface area contributed by atoms with Gasteiger partial charge in [-0.3, -0.25) is 9.79 Å². The van der Waals surface area contributed by atoms with Crippen LogP contribution in [0.4, 0.5) is 13.2 Å². The first-order valence-corrected chi connectivity index (χ1v) is 8.05. The fraction of sp³-hybridized carbons (Fsp3) is 0.267. The van der Waals surface area contributed by atoms with E-state index in [4.69, 9.17) is 0 Å². The van der Waals surface area contributed by atoms with Crippen molar-refractivity contribution in [3.63, 3.8) is 0 Å². The lowest BCUT2D eigenvalue weighted by molar-refractivity contribution is -0.143. The van der Waals surface area contributed by atoms with Crippen LogP contribution in [0, 0.1) is 6.92 Å². The van der Waals surface area contributed by atoms with E-state index in [0.29, 0.717) is 17.5 Å². The number of aromatic nitrogens is 2. The maximum absolute atomic E-state index is 13.5. The maximum Gasteiger partial charge on any atom is 0.434 e. The van der Waals surface area contributed by atoms with E-state index in [-0.39, 0.29) is 5.69 Å². The summed E-state index contributed by atoms with van der Waals surface area (Å²) in [7, 11) is 0. The Hall–Kier alpha value is -2.29. The summed E-state index contributed by atoms with van der Waals surface area (Å²) in [5.41, 5.74) is -0.487. The Kier molecular flexibility index (Phi) is 4.35. The van der Waals surface area contributed by atoms with Crippen molar-refractivity contribution in [2.75, 3.05) is 12.3 Å². The fourth-order valence-corrected chi connectivity index (χ4v) is 2.97. The first-order valence-electron chi connectivity index (χ1n) is 7.07. The number of hydrogen-bond donors (Lipinski definition) is 1. The van der Waals surface area contributed by atoms with E-state index in [2.05, 4.69) is 15.4 Å². The lowest BCUT2D eigenvalue weighted by Gasteiger charge is -2.13. The van der Waals surface area contributed by atoms with Crippen molar-refractivity contribution in [1.29, 1.82) is 0 Å². The van der Waals surface area contributed by atoms with Gasteiger partial charge in [0.05, 0.1) is 24.0 Å². The van der Waals surface area contributed by atoms with Gasteiger partial charge in [-0.05, 0) is 19.1 Å². The number of hydrogen-bond acceptors (Lipinski definition) is 4. The minimum atomic E-state index is -4.72. The van der Waals surface area contributed by atoms with E-state index in [1.165, 1.54) is 23.9 Å². The molecule has 1 N–H and O–H groups in total. The molecule has 1 aromatic carbocycles. The van der Waals surface area contributed by atoms with Crippen LogP contribution in [-0.2, 0) is 6.18 Å². The van der Waals surface area contributed by atoms with Gasteiger partial charge >= 0.3 is 6.18 Å². The molecule has 1 aromatic heterocycles. The Morgan fingerprint density at radius 3 is 2.58 bits per heavy atom. The molecular formula is C15H13F3N4OS. The predicted molar refractivity (Wildman–Crippen MR) is 85.5 cm³/mol. The van der Waals surface area contributed by atoms with E-state index >= 15 is 0 Å². The van der Waals surface area contributed by atoms with Gasteiger partial charge in [-0.2, -0.15) is 18.3 Å². The smallest absolute Gasteiger partial charge is 0.301 e. The van der Waals surface area contributed by atoms with Crippen LogP contribution in [0.1, 0.15) is 21.6 Å². The number of nitrogens with zero attached hydrogens (tertiary/aromatic N) is 3. The van der Waals surface area contributed by atoms with Crippen molar-refractivity contribution in [2.24, 2.45) is 4.99 Å². The van der Waals surface area contributed by atoms with Crippen molar-refractivity contribution in [3.05, 3.63) is 47.3 Å². The van der Waals surface area contributed by atoms with Crippen molar-refractivity contribution < 1.29 is 18.0 Å². The number of benzene rings is 1. The molecule has 0 aliphatic carbocycles. The number of aliphatic imine (C=N–C) groups is 1. The van der Waals surface area contributed by atoms with Gasteiger partial charge in [0, 0.05) is 5.75 Å². The van der Waals surface area contributed by atoms with Crippen LogP contribution < -0.4 is 5.32 Å². The summed E-state index contributed by atoms with van der Waals surface area (Å²) in [4.78, 5) is 16.2. The standard InChI is InChI=1S/C15H13F3N4OS/c1-9-2-4-10(5-3-9)22-12(15(16,17)18)11(8-20-22)13(23)21-14-19-6-7-24-14/h2-5,8H,6-7H2,1H3,(H,19,21,23). The summed E-state index contributed by atoms with van der Waals surface area (Å²) >= 11 is 1.29. The molecule has 1 amide bonds. The number of thioether (sulfide) groups is 1. The molecule has 1 aliphatic rings. The molecule has 0 radical (unpaired) electrons. The molecule has 0 fully saturated rings. The largest absolute Gasteiger partial charge is 0.434 e. The highest BCUT2D eigenvalue weighted by Gasteiger charge is 2.40. The second-order valence-electron chi connectivity index (χ2n) is 5.14. The quantitative estimate of drug-likeness (QED) is 0.902. The van der Waals surface area contributed by atoms with E-state index in [9.17, 15) is 18.0 Å². The van der Waals surface area contributed by atoms with Gasteiger partial charge in [0.1, 0.15) is 0 Å². The van der Waals surface area contributed by atoms with Gasteiger partial charge in [-0.15, -0.1) is 0 Å². The number of rotatable bonds is 2. The lowest BCUT2D eigenvalue weighted by atomic mass is 10.2. The van der Waals surface area contributed by atoms with Crippen molar-refractivity contribution in [3.8, 4) is 5.69 Å². The number of carbonyl (C=O) groups is 1. The Bertz CT molecular complexity index is 796. The third kappa shape index (κ3) is 3.30. The van der Waals surface area contributed by atoms with Crippen molar-refractivity contribution in [2.45, 2.75) is 13.1 Å². The van der Waals surface area contributed by atoms with E-state index < -0.39 is 23.3 Å². The zero-order chi connectivity index (χ0) is 17.3. The first kappa shape index (κ1) is 16.6. The highest BCUT2D eigenvalue weighted by molar-refractivity contribution is 8.14. The molecule has 3 rings (SSSR count). The normalized spacial score (nSPS) is 14.6. The molecule has 0 spiro atoms. The molecule has 5 nitrogen and oxygen atoms in total. The summed E-state index contributed by atoms with van der Waals surface area (Å²) in [5.74, 6) is -0.168. The molecule has 0 atom stereocenters. The van der Waals surface area contributed by atoms with Gasteiger partial charge in [0.2, 0.25) is 0 Å². The SMILES string of the molecule is Cc1ccc(-n2ncc(C(=O)NC3=NCCS3)c2C(F)(F)F)cc1. The zero-order valence-corrected chi connectivity index (χ0v) is 13.4. The summed E-state index contributed by atoms with van der Waals surface area (Å²) in [5, 5.41) is 6.50. The van der Waals surface area contributed by atoms with Crippen molar-refractivity contribution >= 4 is 22.8 Å². The molecule has 2 aromatic rings. The van der Waals surface area contributed by atoms with Gasteiger partial charge in [0.25, 0.3) is 5.91 Å². The van der Waals surface area contributed by atoms with E-state index in [1.807, 2.05) is 6.92 Å². The molecule has 0 bridgehead atoms. The highest BCUT2D eigenvalue weighted by atomic mass is 32.2. The van der Waals surface area contributed by atoms with Crippen LogP contribution in [-0.4, -0.2) is 33.2 Å². The van der Waals surface area contributed by atoms with Crippen LogP contribution in [0.25, 0.3) is 5.69 Å². The number of alkyl halides is 3. The summed E-state index contributed by atoms with van der Waals surface area (Å²) < 4.78 is 41.2. The Morgan fingerprint density at radius 2 is 2.00 bits per heavy atom. The second-order valence-corrected chi connectivity index (χ2v) is 6.23. The second kappa shape index (κ2) is 6.31. The molecule has 0 saturated heterocycles. The van der Waals surface area contributed by atoms with Crippen LogP contribution in [0.5, 0.6) is 0 Å². The molecule has 24 heavy (non-hydrogen) atoms. The van der Waals surface area contributed by atoms with Crippen molar-refractivity contribution in [1.82, 2.24) is 15.1 Å². The zero-order valence-electron chi connectivity index (χ0n) is 12.6. The number of aryl methyl sites for hydroxylation is 1. The molecule has 126 valence electrons. The summed E-state index contributed by atoms with van der Waals surface area (Å²) in [6, 6.07) is 6.41. The number of amidine groups is 1. The minimum absolute atomic E-state index is 0.236. The van der Waals surface area contributed by atoms with Gasteiger partial charge < -0.3 is 5.32 Å². The third-order valence-corrected chi connectivity index (χ3v) is 4.26. The van der Waals surface area contributed by atoms with Crippen LogP contribution in [0.2, 0.25) is 0 Å². The minimum Gasteiger partial charge on any atom is -0.301 e. The third-order valence-electron chi connectivity index (χ3n) is 3.37. The van der Waals surface area contributed by atoms with Crippen LogP contribution in [0.15, 0.2) is 35.5 Å².